The highest BCUT2D eigenvalue weighted by Crippen LogP contribution is 2.41. The lowest BCUT2D eigenvalue weighted by atomic mass is 10.1. The average molecular weight is 228 g/mol. The maximum absolute atomic E-state index is 6.10. The predicted molar refractivity (Wildman–Crippen MR) is 56.1 cm³/mol. The molecule has 0 N–H and O–H groups in total. The normalized spacial score (nSPS) is 23.3. The molecule has 2 aliphatic rings. The van der Waals surface area contributed by atoms with Crippen LogP contribution in [0.3, 0.4) is 0 Å². The molecule has 0 aromatic carbocycles. The summed E-state index contributed by atoms with van der Waals surface area (Å²) in [4.78, 5) is 0. The Kier molecular flexibility index (Phi) is 2.41. The second-order valence-corrected chi connectivity index (χ2v) is 4.65. The SMILES string of the molecule is Clc1nnc(C2CC2)n1C1CCOCC1. The molecule has 0 bridgehead atoms. The number of rotatable bonds is 2. The van der Waals surface area contributed by atoms with Crippen LogP contribution in [0.5, 0.6) is 0 Å². The van der Waals surface area contributed by atoms with E-state index in [0.717, 1.165) is 31.9 Å². The summed E-state index contributed by atoms with van der Waals surface area (Å²) < 4.78 is 7.48. The number of nitrogens with zero attached hydrogens (tertiary/aromatic N) is 3. The monoisotopic (exact) mass is 227 g/mol. The van der Waals surface area contributed by atoms with Crippen molar-refractivity contribution < 1.29 is 4.74 Å². The first-order valence-corrected chi connectivity index (χ1v) is 5.92. The Balaban J connectivity index is 1.90. The van der Waals surface area contributed by atoms with E-state index in [1.165, 1.54) is 12.8 Å². The summed E-state index contributed by atoms with van der Waals surface area (Å²) in [6.07, 6.45) is 4.52. The summed E-state index contributed by atoms with van der Waals surface area (Å²) in [6, 6.07) is 0.442. The van der Waals surface area contributed by atoms with Gasteiger partial charge in [0.1, 0.15) is 5.82 Å². The van der Waals surface area contributed by atoms with Gasteiger partial charge in [0, 0.05) is 25.2 Å². The predicted octanol–water partition coefficient (Wildman–Crippen LogP) is 2.16. The summed E-state index contributed by atoms with van der Waals surface area (Å²) in [6.45, 7) is 1.65. The van der Waals surface area contributed by atoms with Crippen molar-refractivity contribution in [1.29, 1.82) is 0 Å². The average Bonchev–Trinajstić information content (AvgIpc) is 3.04. The van der Waals surface area contributed by atoms with Gasteiger partial charge in [-0.1, -0.05) is 0 Å². The molecule has 1 aliphatic carbocycles. The molecule has 5 heteroatoms. The van der Waals surface area contributed by atoms with Gasteiger partial charge in [-0.05, 0) is 37.3 Å². The van der Waals surface area contributed by atoms with E-state index in [-0.39, 0.29) is 0 Å². The van der Waals surface area contributed by atoms with Crippen molar-refractivity contribution in [3.8, 4) is 0 Å². The number of halogens is 1. The third kappa shape index (κ3) is 1.76. The quantitative estimate of drug-likeness (QED) is 0.778. The Morgan fingerprint density at radius 2 is 1.87 bits per heavy atom. The van der Waals surface area contributed by atoms with E-state index in [2.05, 4.69) is 14.8 Å². The van der Waals surface area contributed by atoms with E-state index >= 15 is 0 Å². The van der Waals surface area contributed by atoms with Gasteiger partial charge >= 0.3 is 0 Å². The number of hydrogen-bond acceptors (Lipinski definition) is 3. The Morgan fingerprint density at radius 1 is 1.13 bits per heavy atom. The van der Waals surface area contributed by atoms with Crippen molar-refractivity contribution in [3.05, 3.63) is 11.1 Å². The molecule has 1 saturated heterocycles. The maximum atomic E-state index is 6.10. The van der Waals surface area contributed by atoms with Gasteiger partial charge < -0.3 is 4.74 Å². The van der Waals surface area contributed by atoms with Gasteiger partial charge in [-0.2, -0.15) is 0 Å². The fraction of sp³-hybridized carbons (Fsp3) is 0.800. The third-order valence-electron chi connectivity index (χ3n) is 3.18. The summed E-state index contributed by atoms with van der Waals surface area (Å²) in [5, 5.41) is 8.73. The Hall–Kier alpha value is -0.610. The van der Waals surface area contributed by atoms with Gasteiger partial charge in [0.2, 0.25) is 5.28 Å². The molecule has 0 unspecified atom stereocenters. The molecule has 0 radical (unpaired) electrons. The number of ether oxygens (including phenoxy) is 1. The van der Waals surface area contributed by atoms with E-state index in [4.69, 9.17) is 16.3 Å². The maximum Gasteiger partial charge on any atom is 0.225 e. The highest BCUT2D eigenvalue weighted by molar-refractivity contribution is 6.28. The molecule has 1 aromatic heterocycles. The minimum absolute atomic E-state index is 0.442. The van der Waals surface area contributed by atoms with E-state index in [1.807, 2.05) is 0 Å². The Morgan fingerprint density at radius 3 is 2.53 bits per heavy atom. The van der Waals surface area contributed by atoms with Crippen molar-refractivity contribution in [3.63, 3.8) is 0 Å². The smallest absolute Gasteiger partial charge is 0.225 e. The Labute approximate surface area is 93.6 Å². The highest BCUT2D eigenvalue weighted by Gasteiger charge is 2.32. The fourth-order valence-corrected chi connectivity index (χ4v) is 2.45. The minimum Gasteiger partial charge on any atom is -0.381 e. The molecule has 0 spiro atoms. The molecular weight excluding hydrogens is 214 g/mol. The molecule has 2 fully saturated rings. The van der Waals surface area contributed by atoms with Crippen LogP contribution in [0, 0.1) is 0 Å². The zero-order chi connectivity index (χ0) is 10.3. The minimum atomic E-state index is 0.442. The molecule has 0 atom stereocenters. The van der Waals surface area contributed by atoms with Crippen LogP contribution in [0.2, 0.25) is 5.28 Å². The van der Waals surface area contributed by atoms with Crippen molar-refractivity contribution in [2.24, 2.45) is 0 Å². The lowest BCUT2D eigenvalue weighted by Gasteiger charge is -2.24. The van der Waals surface area contributed by atoms with E-state index < -0.39 is 0 Å². The summed E-state index contributed by atoms with van der Waals surface area (Å²) >= 11 is 6.10. The van der Waals surface area contributed by atoms with Crippen LogP contribution in [0.15, 0.2) is 0 Å². The molecule has 0 amide bonds. The topological polar surface area (TPSA) is 39.9 Å². The molecule has 1 aliphatic heterocycles. The summed E-state index contributed by atoms with van der Waals surface area (Å²) in [5.74, 6) is 1.69. The second kappa shape index (κ2) is 3.76. The summed E-state index contributed by atoms with van der Waals surface area (Å²) in [5.41, 5.74) is 0. The van der Waals surface area contributed by atoms with Crippen LogP contribution in [0.1, 0.15) is 43.5 Å². The molecule has 1 aromatic rings. The summed E-state index contributed by atoms with van der Waals surface area (Å²) in [7, 11) is 0. The van der Waals surface area contributed by atoms with E-state index in [0.29, 0.717) is 17.2 Å². The Bertz CT molecular complexity index is 356. The van der Waals surface area contributed by atoms with Crippen molar-refractivity contribution in [2.45, 2.75) is 37.6 Å². The molecule has 4 nitrogen and oxygen atoms in total. The van der Waals surface area contributed by atoms with Gasteiger partial charge in [0.05, 0.1) is 0 Å². The van der Waals surface area contributed by atoms with Crippen LogP contribution >= 0.6 is 11.6 Å². The molecule has 15 heavy (non-hydrogen) atoms. The molecule has 2 heterocycles. The van der Waals surface area contributed by atoms with Crippen LogP contribution in [-0.4, -0.2) is 28.0 Å². The van der Waals surface area contributed by atoms with Crippen LogP contribution in [0.25, 0.3) is 0 Å². The standard InChI is InChI=1S/C10H14ClN3O/c11-10-13-12-9(7-1-2-7)14(10)8-3-5-15-6-4-8/h7-8H,1-6H2. The fourth-order valence-electron chi connectivity index (χ4n) is 2.18. The lowest BCUT2D eigenvalue weighted by molar-refractivity contribution is 0.0688. The second-order valence-electron chi connectivity index (χ2n) is 4.32. The van der Waals surface area contributed by atoms with Crippen molar-refractivity contribution in [2.75, 3.05) is 13.2 Å². The van der Waals surface area contributed by atoms with Crippen LogP contribution < -0.4 is 0 Å². The molecular formula is C10H14ClN3O. The first-order chi connectivity index (χ1) is 7.36. The van der Waals surface area contributed by atoms with E-state index in [9.17, 15) is 0 Å². The lowest BCUT2D eigenvalue weighted by Crippen LogP contribution is -2.21. The van der Waals surface area contributed by atoms with Gasteiger partial charge in [-0.15, -0.1) is 10.2 Å². The van der Waals surface area contributed by atoms with Crippen molar-refractivity contribution in [1.82, 2.24) is 14.8 Å². The van der Waals surface area contributed by atoms with Gasteiger partial charge in [-0.25, -0.2) is 0 Å². The number of aromatic nitrogens is 3. The largest absolute Gasteiger partial charge is 0.381 e. The van der Waals surface area contributed by atoms with Gasteiger partial charge in [0.15, 0.2) is 0 Å². The molecule has 1 saturated carbocycles. The van der Waals surface area contributed by atoms with Gasteiger partial charge in [0.25, 0.3) is 0 Å². The van der Waals surface area contributed by atoms with Crippen LogP contribution in [0.4, 0.5) is 0 Å². The molecule has 82 valence electrons. The van der Waals surface area contributed by atoms with Crippen LogP contribution in [-0.2, 0) is 4.74 Å². The van der Waals surface area contributed by atoms with Gasteiger partial charge in [-0.3, -0.25) is 4.57 Å². The first kappa shape index (κ1) is 9.60. The zero-order valence-electron chi connectivity index (χ0n) is 8.53. The first-order valence-electron chi connectivity index (χ1n) is 5.54. The zero-order valence-corrected chi connectivity index (χ0v) is 9.28. The third-order valence-corrected chi connectivity index (χ3v) is 3.44. The number of hydrogen-bond donors (Lipinski definition) is 0. The van der Waals surface area contributed by atoms with Crippen molar-refractivity contribution >= 4 is 11.6 Å². The highest BCUT2D eigenvalue weighted by atomic mass is 35.5. The molecule has 3 rings (SSSR count). The van der Waals surface area contributed by atoms with E-state index in [1.54, 1.807) is 0 Å².